The first-order chi connectivity index (χ1) is 12.1. The third-order valence-corrected chi connectivity index (χ3v) is 4.25. The molecule has 2 amide bonds. The SMILES string of the molecule is CN(Cc1cnn(-c2ccc(F)cc2)c1)C(=O)NC[C@@H]1CCCCO1. The lowest BCUT2D eigenvalue weighted by Crippen LogP contribution is -2.41. The minimum atomic E-state index is -0.283. The lowest BCUT2D eigenvalue weighted by Gasteiger charge is -2.24. The zero-order valence-corrected chi connectivity index (χ0v) is 14.3. The summed E-state index contributed by atoms with van der Waals surface area (Å²) in [6.45, 7) is 1.76. The summed E-state index contributed by atoms with van der Waals surface area (Å²) in [5.41, 5.74) is 1.67. The molecule has 1 aromatic heterocycles. The quantitative estimate of drug-likeness (QED) is 0.906. The van der Waals surface area contributed by atoms with Crippen LogP contribution in [0, 0.1) is 5.82 Å². The zero-order chi connectivity index (χ0) is 17.6. The van der Waals surface area contributed by atoms with Crippen LogP contribution in [0.2, 0.25) is 0 Å². The molecule has 134 valence electrons. The Morgan fingerprint density at radius 3 is 2.92 bits per heavy atom. The Hall–Kier alpha value is -2.41. The monoisotopic (exact) mass is 346 g/mol. The van der Waals surface area contributed by atoms with Crippen molar-refractivity contribution in [3.63, 3.8) is 0 Å². The maximum Gasteiger partial charge on any atom is 0.317 e. The second kappa shape index (κ2) is 8.11. The minimum Gasteiger partial charge on any atom is -0.376 e. The van der Waals surface area contributed by atoms with E-state index in [2.05, 4.69) is 10.4 Å². The fraction of sp³-hybridized carbons (Fsp3) is 0.444. The van der Waals surface area contributed by atoms with E-state index in [1.54, 1.807) is 35.0 Å². The molecule has 0 spiro atoms. The highest BCUT2D eigenvalue weighted by molar-refractivity contribution is 5.73. The third kappa shape index (κ3) is 4.79. The molecule has 0 aliphatic carbocycles. The highest BCUT2D eigenvalue weighted by atomic mass is 19.1. The number of carbonyl (C=O) groups is 1. The number of nitrogens with zero attached hydrogens (tertiary/aromatic N) is 3. The molecule has 1 N–H and O–H groups in total. The molecule has 2 heterocycles. The van der Waals surface area contributed by atoms with Crippen LogP contribution >= 0.6 is 0 Å². The van der Waals surface area contributed by atoms with Gasteiger partial charge in [-0.1, -0.05) is 0 Å². The largest absolute Gasteiger partial charge is 0.376 e. The van der Waals surface area contributed by atoms with Crippen LogP contribution in [0.4, 0.5) is 9.18 Å². The second-order valence-electron chi connectivity index (χ2n) is 6.30. The molecule has 0 saturated carbocycles. The lowest BCUT2D eigenvalue weighted by atomic mass is 10.1. The summed E-state index contributed by atoms with van der Waals surface area (Å²) in [4.78, 5) is 13.8. The standard InChI is InChI=1S/C18H23FN4O2/c1-22(18(24)20-11-17-4-2-3-9-25-17)12-14-10-21-23(13-14)16-7-5-15(19)6-8-16/h5-8,10,13,17H,2-4,9,11-12H2,1H3,(H,20,24)/t17-/m0/s1. The number of nitrogens with one attached hydrogen (secondary N) is 1. The van der Waals surface area contributed by atoms with Crippen molar-refractivity contribution in [2.45, 2.75) is 31.9 Å². The number of amides is 2. The normalized spacial score (nSPS) is 17.3. The van der Waals surface area contributed by atoms with Crippen molar-refractivity contribution < 1.29 is 13.9 Å². The van der Waals surface area contributed by atoms with Gasteiger partial charge >= 0.3 is 6.03 Å². The van der Waals surface area contributed by atoms with E-state index in [0.717, 1.165) is 37.1 Å². The Labute approximate surface area is 146 Å². The predicted octanol–water partition coefficient (Wildman–Crippen LogP) is 2.72. The first kappa shape index (κ1) is 17.4. The van der Waals surface area contributed by atoms with Gasteiger partial charge in [-0.15, -0.1) is 0 Å². The van der Waals surface area contributed by atoms with Crippen molar-refractivity contribution in [1.82, 2.24) is 20.0 Å². The average Bonchev–Trinajstić information content (AvgIpc) is 3.09. The van der Waals surface area contributed by atoms with E-state index in [9.17, 15) is 9.18 Å². The summed E-state index contributed by atoms with van der Waals surface area (Å²) in [5.74, 6) is -0.283. The molecule has 6 nitrogen and oxygen atoms in total. The van der Waals surface area contributed by atoms with Gasteiger partial charge in [-0.05, 0) is 43.5 Å². The average molecular weight is 346 g/mol. The minimum absolute atomic E-state index is 0.118. The Morgan fingerprint density at radius 2 is 2.20 bits per heavy atom. The first-order valence-electron chi connectivity index (χ1n) is 8.52. The van der Waals surface area contributed by atoms with Gasteiger partial charge in [0, 0.05) is 32.0 Å². The molecule has 2 aromatic rings. The number of hydrogen-bond acceptors (Lipinski definition) is 3. The summed E-state index contributed by atoms with van der Waals surface area (Å²) in [6.07, 6.45) is 6.90. The molecular weight excluding hydrogens is 323 g/mol. The number of urea groups is 1. The Balaban J connectivity index is 1.51. The highest BCUT2D eigenvalue weighted by Gasteiger charge is 2.16. The number of ether oxygens (including phenoxy) is 1. The first-order valence-corrected chi connectivity index (χ1v) is 8.52. The fourth-order valence-electron chi connectivity index (χ4n) is 2.83. The summed E-state index contributed by atoms with van der Waals surface area (Å²) in [5, 5.41) is 7.17. The maximum absolute atomic E-state index is 13.0. The van der Waals surface area contributed by atoms with Gasteiger partial charge in [-0.25, -0.2) is 13.9 Å². The molecule has 7 heteroatoms. The number of benzene rings is 1. The summed E-state index contributed by atoms with van der Waals surface area (Å²) >= 11 is 0. The number of halogens is 1. The number of carbonyl (C=O) groups excluding carboxylic acids is 1. The molecule has 1 aliphatic heterocycles. The van der Waals surface area contributed by atoms with Crippen LogP contribution in [0.25, 0.3) is 5.69 Å². The summed E-state index contributed by atoms with van der Waals surface area (Å²) in [6, 6.07) is 5.97. The third-order valence-electron chi connectivity index (χ3n) is 4.25. The molecule has 1 atom stereocenters. The Morgan fingerprint density at radius 1 is 1.40 bits per heavy atom. The van der Waals surface area contributed by atoms with E-state index < -0.39 is 0 Å². The molecule has 0 unspecified atom stereocenters. The van der Waals surface area contributed by atoms with E-state index >= 15 is 0 Å². The van der Waals surface area contributed by atoms with Gasteiger partial charge in [0.25, 0.3) is 0 Å². The predicted molar refractivity (Wildman–Crippen MR) is 92.0 cm³/mol. The van der Waals surface area contributed by atoms with Crippen LogP contribution in [0.3, 0.4) is 0 Å². The number of rotatable bonds is 5. The Kier molecular flexibility index (Phi) is 5.65. The molecule has 3 rings (SSSR count). The van der Waals surface area contributed by atoms with Gasteiger partial charge in [0.2, 0.25) is 0 Å². The fourth-order valence-corrected chi connectivity index (χ4v) is 2.83. The van der Waals surface area contributed by atoms with Gasteiger partial charge in [0.05, 0.1) is 24.5 Å². The van der Waals surface area contributed by atoms with E-state index in [0.29, 0.717) is 13.1 Å². The zero-order valence-electron chi connectivity index (χ0n) is 14.3. The lowest BCUT2D eigenvalue weighted by molar-refractivity contribution is 0.0178. The van der Waals surface area contributed by atoms with E-state index in [1.165, 1.54) is 12.1 Å². The topological polar surface area (TPSA) is 59.4 Å². The molecule has 0 bridgehead atoms. The van der Waals surface area contributed by atoms with E-state index in [-0.39, 0.29) is 18.0 Å². The maximum atomic E-state index is 13.0. The van der Waals surface area contributed by atoms with Crippen molar-refractivity contribution in [2.24, 2.45) is 0 Å². The number of hydrogen-bond donors (Lipinski definition) is 1. The molecule has 1 aromatic carbocycles. The highest BCUT2D eigenvalue weighted by Crippen LogP contribution is 2.12. The molecular formula is C18H23FN4O2. The van der Waals surface area contributed by atoms with Gasteiger partial charge in [-0.2, -0.15) is 5.10 Å². The molecule has 25 heavy (non-hydrogen) atoms. The van der Waals surface area contributed by atoms with Gasteiger partial charge in [0.1, 0.15) is 5.82 Å². The van der Waals surface area contributed by atoms with Crippen LogP contribution in [0.1, 0.15) is 24.8 Å². The van der Waals surface area contributed by atoms with E-state index in [1.807, 2.05) is 6.20 Å². The molecule has 1 fully saturated rings. The van der Waals surface area contributed by atoms with Crippen LogP contribution in [0.5, 0.6) is 0 Å². The van der Waals surface area contributed by atoms with E-state index in [4.69, 9.17) is 4.74 Å². The Bertz CT molecular complexity index is 695. The van der Waals surface area contributed by atoms with Crippen molar-refractivity contribution in [2.75, 3.05) is 20.2 Å². The second-order valence-corrected chi connectivity index (χ2v) is 6.30. The summed E-state index contributed by atoms with van der Waals surface area (Å²) < 4.78 is 20.3. The molecule has 1 aliphatic rings. The van der Waals surface area contributed by atoms with Gasteiger partial charge in [-0.3, -0.25) is 0 Å². The smallest absolute Gasteiger partial charge is 0.317 e. The van der Waals surface area contributed by atoms with Crippen LogP contribution in [-0.2, 0) is 11.3 Å². The van der Waals surface area contributed by atoms with Crippen molar-refractivity contribution >= 4 is 6.03 Å². The van der Waals surface area contributed by atoms with Crippen molar-refractivity contribution in [3.8, 4) is 5.69 Å². The number of aromatic nitrogens is 2. The van der Waals surface area contributed by atoms with Crippen LogP contribution in [0.15, 0.2) is 36.7 Å². The van der Waals surface area contributed by atoms with Crippen molar-refractivity contribution in [1.29, 1.82) is 0 Å². The molecule has 1 saturated heterocycles. The van der Waals surface area contributed by atoms with Crippen LogP contribution < -0.4 is 5.32 Å². The van der Waals surface area contributed by atoms with Crippen molar-refractivity contribution in [3.05, 3.63) is 48.0 Å². The molecule has 0 radical (unpaired) electrons. The summed E-state index contributed by atoms with van der Waals surface area (Å²) in [7, 11) is 1.74. The van der Waals surface area contributed by atoms with Gasteiger partial charge < -0.3 is 15.0 Å². The van der Waals surface area contributed by atoms with Gasteiger partial charge in [0.15, 0.2) is 0 Å². The van der Waals surface area contributed by atoms with Crippen LogP contribution in [-0.4, -0.2) is 47.0 Å².